The van der Waals surface area contributed by atoms with Crippen LogP contribution in [-0.4, -0.2) is 26.9 Å². The largest absolute Gasteiger partial charge is 0.496 e. The minimum Gasteiger partial charge on any atom is -0.496 e. The molecule has 0 spiro atoms. The SMILES string of the molecule is COc1cc(N)ccc1CNCC(C)OC. The van der Waals surface area contributed by atoms with Crippen molar-refractivity contribution in [1.29, 1.82) is 0 Å². The second kappa shape index (κ2) is 6.35. The minimum atomic E-state index is 0.208. The van der Waals surface area contributed by atoms with E-state index in [0.717, 1.165) is 24.4 Å². The van der Waals surface area contributed by atoms with Gasteiger partial charge in [0.25, 0.3) is 0 Å². The van der Waals surface area contributed by atoms with Crippen molar-refractivity contribution < 1.29 is 9.47 Å². The van der Waals surface area contributed by atoms with Gasteiger partial charge in [-0.1, -0.05) is 6.07 Å². The van der Waals surface area contributed by atoms with Crippen molar-refractivity contribution in [3.63, 3.8) is 0 Å². The summed E-state index contributed by atoms with van der Waals surface area (Å²) in [4.78, 5) is 0. The summed E-state index contributed by atoms with van der Waals surface area (Å²) < 4.78 is 10.4. The number of methoxy groups -OCH3 is 2. The van der Waals surface area contributed by atoms with E-state index >= 15 is 0 Å². The molecule has 1 atom stereocenters. The van der Waals surface area contributed by atoms with Crippen molar-refractivity contribution >= 4 is 5.69 Å². The highest BCUT2D eigenvalue weighted by atomic mass is 16.5. The number of hydrogen-bond acceptors (Lipinski definition) is 4. The Morgan fingerprint density at radius 3 is 2.75 bits per heavy atom. The van der Waals surface area contributed by atoms with Gasteiger partial charge in [0, 0.05) is 37.5 Å². The normalized spacial score (nSPS) is 12.4. The zero-order chi connectivity index (χ0) is 12.0. The molecule has 1 aromatic carbocycles. The lowest BCUT2D eigenvalue weighted by Gasteiger charge is -2.13. The van der Waals surface area contributed by atoms with Crippen LogP contribution >= 0.6 is 0 Å². The van der Waals surface area contributed by atoms with E-state index in [4.69, 9.17) is 15.2 Å². The van der Waals surface area contributed by atoms with Gasteiger partial charge in [-0.15, -0.1) is 0 Å². The van der Waals surface area contributed by atoms with Crippen LogP contribution in [-0.2, 0) is 11.3 Å². The number of nitrogen functional groups attached to an aromatic ring is 1. The monoisotopic (exact) mass is 224 g/mol. The second-order valence-corrected chi connectivity index (χ2v) is 3.75. The third-order valence-electron chi connectivity index (χ3n) is 2.46. The molecule has 0 amide bonds. The zero-order valence-corrected chi connectivity index (χ0v) is 10.1. The van der Waals surface area contributed by atoms with Gasteiger partial charge < -0.3 is 20.5 Å². The van der Waals surface area contributed by atoms with Crippen LogP contribution in [0.3, 0.4) is 0 Å². The average molecular weight is 224 g/mol. The Morgan fingerprint density at radius 2 is 2.12 bits per heavy atom. The number of benzene rings is 1. The first kappa shape index (κ1) is 12.8. The molecule has 0 fully saturated rings. The summed E-state index contributed by atoms with van der Waals surface area (Å²) in [7, 11) is 3.35. The van der Waals surface area contributed by atoms with E-state index < -0.39 is 0 Å². The smallest absolute Gasteiger partial charge is 0.125 e. The van der Waals surface area contributed by atoms with E-state index in [2.05, 4.69) is 5.32 Å². The summed E-state index contributed by atoms with van der Waals surface area (Å²) in [6, 6.07) is 5.68. The van der Waals surface area contributed by atoms with Gasteiger partial charge in [0.15, 0.2) is 0 Å². The van der Waals surface area contributed by atoms with Crippen molar-refractivity contribution in [3.05, 3.63) is 23.8 Å². The fraction of sp³-hybridized carbons (Fsp3) is 0.500. The maximum Gasteiger partial charge on any atom is 0.125 e. The summed E-state index contributed by atoms with van der Waals surface area (Å²) in [5.41, 5.74) is 7.49. The molecule has 1 rings (SSSR count). The molecule has 0 saturated heterocycles. The molecule has 4 heteroatoms. The van der Waals surface area contributed by atoms with Crippen LogP contribution in [0.5, 0.6) is 5.75 Å². The predicted molar refractivity (Wildman–Crippen MR) is 65.6 cm³/mol. The topological polar surface area (TPSA) is 56.5 Å². The Labute approximate surface area is 96.7 Å². The van der Waals surface area contributed by atoms with E-state index in [1.54, 1.807) is 14.2 Å². The van der Waals surface area contributed by atoms with Crippen LogP contribution in [0.25, 0.3) is 0 Å². The Balaban J connectivity index is 2.53. The number of hydrogen-bond donors (Lipinski definition) is 2. The number of nitrogens with two attached hydrogens (primary N) is 1. The number of ether oxygens (including phenoxy) is 2. The summed E-state index contributed by atoms with van der Waals surface area (Å²) >= 11 is 0. The lowest BCUT2D eigenvalue weighted by molar-refractivity contribution is 0.117. The average Bonchev–Trinajstić information content (AvgIpc) is 2.30. The highest BCUT2D eigenvalue weighted by molar-refractivity contribution is 5.48. The quantitative estimate of drug-likeness (QED) is 0.717. The van der Waals surface area contributed by atoms with Crippen molar-refractivity contribution in [1.82, 2.24) is 5.32 Å². The van der Waals surface area contributed by atoms with Gasteiger partial charge in [0.1, 0.15) is 5.75 Å². The fourth-order valence-electron chi connectivity index (χ4n) is 1.40. The Hall–Kier alpha value is -1.26. The maximum absolute atomic E-state index is 5.68. The molecule has 3 N–H and O–H groups in total. The Morgan fingerprint density at radius 1 is 1.38 bits per heavy atom. The number of anilines is 1. The van der Waals surface area contributed by atoms with Crippen LogP contribution in [0.1, 0.15) is 12.5 Å². The van der Waals surface area contributed by atoms with Crippen molar-refractivity contribution in [2.45, 2.75) is 19.6 Å². The van der Waals surface area contributed by atoms with Gasteiger partial charge >= 0.3 is 0 Å². The molecular weight excluding hydrogens is 204 g/mol. The highest BCUT2D eigenvalue weighted by Gasteiger charge is 2.04. The van der Waals surface area contributed by atoms with Gasteiger partial charge in [0.05, 0.1) is 13.2 Å². The zero-order valence-electron chi connectivity index (χ0n) is 10.1. The van der Waals surface area contributed by atoms with Crippen molar-refractivity contribution in [2.75, 3.05) is 26.5 Å². The van der Waals surface area contributed by atoms with Crippen LogP contribution < -0.4 is 15.8 Å². The molecule has 4 nitrogen and oxygen atoms in total. The summed E-state index contributed by atoms with van der Waals surface area (Å²) in [5, 5.41) is 3.30. The fourth-order valence-corrected chi connectivity index (χ4v) is 1.40. The molecule has 90 valence electrons. The molecule has 1 unspecified atom stereocenters. The molecule has 16 heavy (non-hydrogen) atoms. The van der Waals surface area contributed by atoms with Gasteiger partial charge in [-0.25, -0.2) is 0 Å². The van der Waals surface area contributed by atoms with E-state index in [9.17, 15) is 0 Å². The molecule has 0 aliphatic carbocycles. The Kier molecular flexibility index (Phi) is 5.08. The third kappa shape index (κ3) is 3.72. The molecule has 0 bridgehead atoms. The van der Waals surface area contributed by atoms with E-state index in [0.29, 0.717) is 5.69 Å². The van der Waals surface area contributed by atoms with Crippen LogP contribution in [0.4, 0.5) is 5.69 Å². The molecule has 0 aliphatic heterocycles. The van der Waals surface area contributed by atoms with E-state index in [1.165, 1.54) is 0 Å². The summed E-state index contributed by atoms with van der Waals surface area (Å²) in [6.45, 7) is 3.58. The number of nitrogens with one attached hydrogen (secondary N) is 1. The molecule has 1 aromatic rings. The highest BCUT2D eigenvalue weighted by Crippen LogP contribution is 2.21. The molecular formula is C12H20N2O2. The molecule has 0 saturated carbocycles. The minimum absolute atomic E-state index is 0.208. The van der Waals surface area contributed by atoms with E-state index in [1.807, 2.05) is 25.1 Å². The van der Waals surface area contributed by atoms with Crippen LogP contribution in [0.2, 0.25) is 0 Å². The molecule has 0 aromatic heterocycles. The third-order valence-corrected chi connectivity index (χ3v) is 2.46. The van der Waals surface area contributed by atoms with Crippen molar-refractivity contribution in [3.8, 4) is 5.75 Å². The first-order valence-corrected chi connectivity index (χ1v) is 5.33. The van der Waals surface area contributed by atoms with Crippen LogP contribution in [0.15, 0.2) is 18.2 Å². The first-order valence-electron chi connectivity index (χ1n) is 5.33. The first-order chi connectivity index (χ1) is 7.67. The van der Waals surface area contributed by atoms with Gasteiger partial charge in [-0.3, -0.25) is 0 Å². The standard InChI is InChI=1S/C12H20N2O2/c1-9(15-2)7-14-8-10-4-5-11(13)6-12(10)16-3/h4-6,9,14H,7-8,13H2,1-3H3. The lowest BCUT2D eigenvalue weighted by Crippen LogP contribution is -2.25. The Bertz CT molecular complexity index is 329. The maximum atomic E-state index is 5.68. The van der Waals surface area contributed by atoms with Crippen LogP contribution in [0, 0.1) is 0 Å². The van der Waals surface area contributed by atoms with Crippen molar-refractivity contribution in [2.24, 2.45) is 0 Å². The molecule has 0 radical (unpaired) electrons. The summed E-state index contributed by atoms with van der Waals surface area (Å²) in [5.74, 6) is 0.817. The van der Waals surface area contributed by atoms with E-state index in [-0.39, 0.29) is 6.10 Å². The summed E-state index contributed by atoms with van der Waals surface area (Å²) in [6.07, 6.45) is 0.208. The van der Waals surface area contributed by atoms with Gasteiger partial charge in [0.2, 0.25) is 0 Å². The molecule has 0 aliphatic rings. The van der Waals surface area contributed by atoms with Gasteiger partial charge in [-0.05, 0) is 13.0 Å². The molecule has 0 heterocycles. The number of rotatable bonds is 6. The van der Waals surface area contributed by atoms with Gasteiger partial charge in [-0.2, -0.15) is 0 Å². The predicted octanol–water partition coefficient (Wildman–Crippen LogP) is 1.40. The second-order valence-electron chi connectivity index (χ2n) is 3.75. The lowest BCUT2D eigenvalue weighted by atomic mass is 10.2.